The van der Waals surface area contributed by atoms with E-state index < -0.39 is 7.60 Å². The van der Waals surface area contributed by atoms with Crippen LogP contribution in [0.4, 0.5) is 5.69 Å². The van der Waals surface area contributed by atoms with Crippen molar-refractivity contribution in [1.82, 2.24) is 0 Å². The molecule has 7 heteroatoms. The zero-order valence-electron chi connectivity index (χ0n) is 19.8. The highest BCUT2D eigenvalue weighted by Crippen LogP contribution is 2.50. The van der Waals surface area contributed by atoms with Crippen LogP contribution in [0.25, 0.3) is 6.08 Å². The minimum Gasteiger partial charge on any atom is -0.335 e. The summed E-state index contributed by atoms with van der Waals surface area (Å²) in [7, 11) is -3.04. The van der Waals surface area contributed by atoms with Gasteiger partial charge in [-0.3, -0.25) is 4.57 Å². The number of hydrogen-bond acceptors (Lipinski definition) is 5. The molecule has 0 bridgehead atoms. The van der Waals surface area contributed by atoms with E-state index in [4.69, 9.17) is 9.05 Å². The van der Waals surface area contributed by atoms with Crippen molar-refractivity contribution in [2.75, 3.05) is 30.8 Å². The summed E-state index contributed by atoms with van der Waals surface area (Å²) >= 11 is 1.77. The normalized spacial score (nSPS) is 14.1. The van der Waals surface area contributed by atoms with Crippen LogP contribution in [-0.2, 0) is 20.2 Å². The van der Waals surface area contributed by atoms with E-state index in [-0.39, 0.29) is 7.43 Å². The molecule has 0 unspecified atom stereocenters. The number of nitrogens with zero attached hydrogens (tertiary/aromatic N) is 2. The SMILES string of the molecule is C.CCOP(=O)(CCCN1C(=Cc2cc[n+](Cc3ccccc3)cc2)Sc2ccccc21)OCC. The largest absolute Gasteiger partial charge is 0.335 e. The topological polar surface area (TPSA) is 42.7 Å². The second kappa shape index (κ2) is 13.1. The molecule has 2 aromatic carbocycles. The summed E-state index contributed by atoms with van der Waals surface area (Å²) in [5.74, 6) is 0. The fraction of sp³-hybridized carbons (Fsp3) is 0.321. The molecule has 4 rings (SSSR count). The molecule has 5 nitrogen and oxygen atoms in total. The van der Waals surface area contributed by atoms with E-state index in [1.807, 2.05) is 19.9 Å². The molecule has 35 heavy (non-hydrogen) atoms. The third-order valence-electron chi connectivity index (χ3n) is 5.52. The Labute approximate surface area is 214 Å². The molecule has 0 atom stereocenters. The Morgan fingerprint density at radius 3 is 2.29 bits per heavy atom. The summed E-state index contributed by atoms with van der Waals surface area (Å²) in [6, 6.07) is 23.2. The first-order valence-electron chi connectivity index (χ1n) is 11.8. The van der Waals surface area contributed by atoms with Crippen molar-refractivity contribution >= 4 is 31.1 Å². The molecule has 1 aliphatic heterocycles. The Bertz CT molecular complexity index is 1140. The maximum Gasteiger partial charge on any atom is 0.330 e. The van der Waals surface area contributed by atoms with Crippen LogP contribution in [0.15, 0.2) is 89.0 Å². The van der Waals surface area contributed by atoms with Crippen LogP contribution in [0.2, 0.25) is 0 Å². The van der Waals surface area contributed by atoms with Gasteiger partial charge in [-0.25, -0.2) is 4.57 Å². The first-order chi connectivity index (χ1) is 16.6. The van der Waals surface area contributed by atoms with Gasteiger partial charge < -0.3 is 13.9 Å². The number of rotatable bonds is 11. The van der Waals surface area contributed by atoms with Crippen molar-refractivity contribution in [2.45, 2.75) is 39.1 Å². The summed E-state index contributed by atoms with van der Waals surface area (Å²) in [5.41, 5.74) is 3.62. The maximum atomic E-state index is 12.9. The summed E-state index contributed by atoms with van der Waals surface area (Å²) in [6.07, 6.45) is 7.60. The van der Waals surface area contributed by atoms with Gasteiger partial charge in [0.05, 0.1) is 30.1 Å². The highest BCUT2D eigenvalue weighted by molar-refractivity contribution is 8.03. The van der Waals surface area contributed by atoms with Crippen LogP contribution in [-0.4, -0.2) is 25.9 Å². The number of anilines is 1. The quantitative estimate of drug-likeness (QED) is 0.201. The maximum absolute atomic E-state index is 12.9. The van der Waals surface area contributed by atoms with Gasteiger partial charge in [-0.2, -0.15) is 0 Å². The number of benzene rings is 2. The molecule has 0 N–H and O–H groups in total. The Hall–Kier alpha value is -2.37. The van der Waals surface area contributed by atoms with E-state index in [0.717, 1.165) is 25.1 Å². The Kier molecular flexibility index (Phi) is 10.2. The molecule has 1 aromatic heterocycles. The summed E-state index contributed by atoms with van der Waals surface area (Å²) < 4.78 is 26.0. The van der Waals surface area contributed by atoms with Crippen LogP contribution in [0.1, 0.15) is 38.8 Å². The minimum atomic E-state index is -3.04. The van der Waals surface area contributed by atoms with E-state index >= 15 is 0 Å². The van der Waals surface area contributed by atoms with Crippen LogP contribution < -0.4 is 9.47 Å². The lowest BCUT2D eigenvalue weighted by atomic mass is 10.2. The van der Waals surface area contributed by atoms with Gasteiger partial charge in [-0.05, 0) is 44.0 Å². The van der Waals surface area contributed by atoms with E-state index in [1.54, 1.807) is 11.8 Å². The van der Waals surface area contributed by atoms with Gasteiger partial charge in [0, 0.05) is 29.1 Å². The van der Waals surface area contributed by atoms with E-state index in [2.05, 4.69) is 88.6 Å². The predicted octanol–water partition coefficient (Wildman–Crippen LogP) is 7.23. The third kappa shape index (κ3) is 7.31. The van der Waals surface area contributed by atoms with Crippen molar-refractivity contribution in [3.63, 3.8) is 0 Å². The predicted molar refractivity (Wildman–Crippen MR) is 147 cm³/mol. The molecule has 0 saturated carbocycles. The molecular formula is C28H36N2O3PS+. The van der Waals surface area contributed by atoms with Crippen molar-refractivity contribution in [1.29, 1.82) is 0 Å². The monoisotopic (exact) mass is 511 g/mol. The van der Waals surface area contributed by atoms with Crippen molar-refractivity contribution in [3.8, 4) is 0 Å². The number of fused-ring (bicyclic) bond motifs is 1. The lowest BCUT2D eigenvalue weighted by Crippen LogP contribution is -2.33. The van der Waals surface area contributed by atoms with Crippen LogP contribution in [0, 0.1) is 0 Å². The van der Waals surface area contributed by atoms with Crippen LogP contribution in [0.3, 0.4) is 0 Å². The minimum absolute atomic E-state index is 0. The van der Waals surface area contributed by atoms with Gasteiger partial charge in [-0.1, -0.05) is 61.7 Å². The van der Waals surface area contributed by atoms with Gasteiger partial charge >= 0.3 is 7.60 Å². The van der Waals surface area contributed by atoms with Crippen LogP contribution >= 0.6 is 19.4 Å². The molecule has 1 aliphatic rings. The summed E-state index contributed by atoms with van der Waals surface area (Å²) in [6.45, 7) is 6.09. The second-order valence-corrected chi connectivity index (χ2v) is 11.3. The number of hydrogen-bond donors (Lipinski definition) is 0. The Morgan fingerprint density at radius 2 is 1.60 bits per heavy atom. The van der Waals surface area contributed by atoms with Gasteiger partial charge in [-0.15, -0.1) is 0 Å². The summed E-state index contributed by atoms with van der Waals surface area (Å²) in [5, 5.41) is 1.17. The van der Waals surface area contributed by atoms with E-state index in [9.17, 15) is 4.57 Å². The van der Waals surface area contributed by atoms with E-state index in [1.165, 1.54) is 21.2 Å². The van der Waals surface area contributed by atoms with Gasteiger partial charge in [0.15, 0.2) is 18.9 Å². The fourth-order valence-corrected chi connectivity index (χ4v) is 6.78. The molecule has 2 heterocycles. The van der Waals surface area contributed by atoms with Gasteiger partial charge in [0.1, 0.15) is 0 Å². The van der Waals surface area contributed by atoms with Gasteiger partial charge in [0.2, 0.25) is 0 Å². The smallest absolute Gasteiger partial charge is 0.330 e. The number of aromatic nitrogens is 1. The average Bonchev–Trinajstić information content (AvgIpc) is 3.18. The molecule has 0 fully saturated rings. The number of pyridine rings is 1. The molecule has 0 spiro atoms. The lowest BCUT2D eigenvalue weighted by molar-refractivity contribution is -0.688. The zero-order valence-corrected chi connectivity index (χ0v) is 21.5. The fourth-order valence-electron chi connectivity index (χ4n) is 3.98. The first-order valence-corrected chi connectivity index (χ1v) is 14.3. The zero-order chi connectivity index (χ0) is 23.8. The van der Waals surface area contributed by atoms with Gasteiger partial charge in [0.25, 0.3) is 0 Å². The number of thioether (sulfide) groups is 1. The molecular weight excluding hydrogens is 475 g/mol. The highest BCUT2D eigenvalue weighted by Gasteiger charge is 2.27. The Balaban J connectivity index is 0.00000342. The molecule has 0 amide bonds. The van der Waals surface area contributed by atoms with Crippen molar-refractivity contribution in [2.24, 2.45) is 0 Å². The van der Waals surface area contributed by atoms with Crippen molar-refractivity contribution < 1.29 is 18.2 Å². The molecule has 3 aromatic rings. The highest BCUT2D eigenvalue weighted by atomic mass is 32.2. The molecule has 0 saturated heterocycles. The lowest BCUT2D eigenvalue weighted by Gasteiger charge is -2.22. The average molecular weight is 512 g/mol. The van der Waals surface area contributed by atoms with E-state index in [0.29, 0.717) is 19.4 Å². The molecule has 0 radical (unpaired) electrons. The third-order valence-corrected chi connectivity index (χ3v) is 8.80. The summed E-state index contributed by atoms with van der Waals surface area (Å²) in [4.78, 5) is 3.55. The van der Waals surface area contributed by atoms with Crippen LogP contribution in [0.5, 0.6) is 0 Å². The van der Waals surface area contributed by atoms with Crippen molar-refractivity contribution in [3.05, 3.63) is 95.3 Å². The standard InChI is InChI=1S/C27H32N2O3PS.CH4/c1-3-31-33(30,32-4-2)20-10-17-29-25-13-8-9-14-26(25)34-27(29)21-23-15-18-28(19-16-23)22-24-11-6-5-7-12-24;/h5-9,11-16,18-19,21H,3-4,10,17,20,22H2,1-2H3;1H4/q+1;. The Morgan fingerprint density at radius 1 is 0.943 bits per heavy atom. The molecule has 0 aliphatic carbocycles. The number of para-hydroxylation sites is 1. The second-order valence-electron chi connectivity index (χ2n) is 8.02. The molecule has 186 valence electrons. The first kappa shape index (κ1) is 27.2.